The molecule has 3 fully saturated rings. The van der Waals surface area contributed by atoms with Gasteiger partial charge in [-0.05, 0) is 6.42 Å². The first-order chi connectivity index (χ1) is 10.5. The van der Waals surface area contributed by atoms with Gasteiger partial charge in [0.1, 0.15) is 5.60 Å². The predicted octanol–water partition coefficient (Wildman–Crippen LogP) is -0.861. The van der Waals surface area contributed by atoms with Crippen molar-refractivity contribution in [2.75, 3.05) is 46.6 Å². The summed E-state index contributed by atoms with van der Waals surface area (Å²) in [6, 6.07) is 0. The van der Waals surface area contributed by atoms with Crippen molar-refractivity contribution in [2.24, 2.45) is 11.3 Å². The second-order valence-corrected chi connectivity index (χ2v) is 6.59. The van der Waals surface area contributed by atoms with E-state index in [-0.39, 0.29) is 17.7 Å². The number of aliphatic hydroxyl groups is 1. The van der Waals surface area contributed by atoms with Crippen molar-refractivity contribution in [2.45, 2.75) is 24.9 Å². The van der Waals surface area contributed by atoms with Gasteiger partial charge >= 0.3 is 0 Å². The molecule has 0 aliphatic carbocycles. The van der Waals surface area contributed by atoms with E-state index < -0.39 is 11.0 Å². The lowest BCUT2D eigenvalue weighted by Gasteiger charge is -2.36. The van der Waals surface area contributed by atoms with Crippen LogP contribution in [0.2, 0.25) is 0 Å². The third-order valence-electron chi connectivity index (χ3n) is 5.39. The van der Waals surface area contributed by atoms with E-state index in [1.807, 2.05) is 0 Å². The van der Waals surface area contributed by atoms with Crippen LogP contribution in [-0.2, 0) is 19.1 Å². The molecule has 22 heavy (non-hydrogen) atoms. The monoisotopic (exact) mass is 312 g/mol. The number of ether oxygens (including phenoxy) is 2. The van der Waals surface area contributed by atoms with Gasteiger partial charge in [-0.3, -0.25) is 9.59 Å². The van der Waals surface area contributed by atoms with Crippen LogP contribution in [0.5, 0.6) is 0 Å². The maximum Gasteiger partial charge on any atom is 0.254 e. The Morgan fingerprint density at radius 3 is 2.55 bits per heavy atom. The summed E-state index contributed by atoms with van der Waals surface area (Å²) < 4.78 is 10.7. The third kappa shape index (κ3) is 2.41. The van der Waals surface area contributed by atoms with Crippen molar-refractivity contribution < 1.29 is 24.2 Å². The molecular formula is C15H24N2O5. The lowest BCUT2D eigenvalue weighted by Crippen LogP contribution is -2.53. The highest BCUT2D eigenvalue weighted by Gasteiger charge is 2.56. The molecule has 0 aromatic rings. The van der Waals surface area contributed by atoms with E-state index in [2.05, 4.69) is 5.32 Å². The van der Waals surface area contributed by atoms with E-state index >= 15 is 0 Å². The average molecular weight is 312 g/mol. The van der Waals surface area contributed by atoms with Crippen LogP contribution in [0.4, 0.5) is 0 Å². The maximum atomic E-state index is 12.8. The molecule has 2 N–H and O–H groups in total. The Kier molecular flexibility index (Phi) is 4.13. The lowest BCUT2D eigenvalue weighted by molar-refractivity contribution is -0.160. The molecule has 7 nitrogen and oxygen atoms in total. The standard InChI is InChI=1S/C15H24N2O5/c1-16-12(18)14-2-5-22-9-11(14)8-17(10-14)13(19)15(20)3-6-21-7-4-15/h11,20H,2-10H2,1H3,(H,16,18)/t11-,14+/m1/s1. The van der Waals surface area contributed by atoms with Crippen LogP contribution in [0.15, 0.2) is 0 Å². The minimum atomic E-state index is -1.35. The van der Waals surface area contributed by atoms with Gasteiger partial charge in [-0.25, -0.2) is 0 Å². The summed E-state index contributed by atoms with van der Waals surface area (Å²) >= 11 is 0. The first-order valence-electron chi connectivity index (χ1n) is 7.91. The van der Waals surface area contributed by atoms with Crippen molar-refractivity contribution in [1.82, 2.24) is 10.2 Å². The maximum absolute atomic E-state index is 12.8. The number of hydrogen-bond acceptors (Lipinski definition) is 5. The number of nitrogens with one attached hydrogen (secondary N) is 1. The molecule has 2 atom stereocenters. The number of hydrogen-bond donors (Lipinski definition) is 2. The zero-order chi connectivity index (χ0) is 15.8. The number of rotatable bonds is 2. The predicted molar refractivity (Wildman–Crippen MR) is 77.0 cm³/mol. The smallest absolute Gasteiger partial charge is 0.254 e. The first-order valence-corrected chi connectivity index (χ1v) is 7.91. The fourth-order valence-electron chi connectivity index (χ4n) is 3.94. The molecule has 0 saturated carbocycles. The molecule has 0 aromatic carbocycles. The Bertz CT molecular complexity index is 463. The van der Waals surface area contributed by atoms with E-state index in [4.69, 9.17) is 9.47 Å². The minimum Gasteiger partial charge on any atom is -0.381 e. The summed E-state index contributed by atoms with van der Waals surface area (Å²) in [5.41, 5.74) is -1.93. The van der Waals surface area contributed by atoms with Crippen molar-refractivity contribution >= 4 is 11.8 Å². The molecule has 3 heterocycles. The van der Waals surface area contributed by atoms with Crippen LogP contribution in [0.3, 0.4) is 0 Å². The van der Waals surface area contributed by atoms with Gasteiger partial charge in [0.2, 0.25) is 5.91 Å². The molecule has 3 aliphatic heterocycles. The SMILES string of the molecule is CNC(=O)[C@]12CCOC[C@H]1CN(C(=O)C1(O)CCOCC1)C2. The zero-order valence-electron chi connectivity index (χ0n) is 13.0. The van der Waals surface area contributed by atoms with Crippen LogP contribution in [-0.4, -0.2) is 74.0 Å². The topological polar surface area (TPSA) is 88.1 Å². The molecule has 3 rings (SSSR count). The van der Waals surface area contributed by atoms with E-state index in [9.17, 15) is 14.7 Å². The van der Waals surface area contributed by atoms with Gasteiger partial charge in [0.05, 0.1) is 12.0 Å². The van der Waals surface area contributed by atoms with Crippen LogP contribution in [0.1, 0.15) is 19.3 Å². The number of likely N-dealkylation sites (tertiary alicyclic amines) is 1. The number of fused-ring (bicyclic) bond motifs is 1. The Labute approximate surface area is 129 Å². The van der Waals surface area contributed by atoms with Crippen molar-refractivity contribution in [3.63, 3.8) is 0 Å². The Morgan fingerprint density at radius 2 is 1.86 bits per heavy atom. The molecule has 124 valence electrons. The molecule has 0 aromatic heterocycles. The fourth-order valence-corrected chi connectivity index (χ4v) is 3.94. The molecule has 0 bridgehead atoms. The van der Waals surface area contributed by atoms with Gasteiger partial charge in [-0.1, -0.05) is 0 Å². The highest BCUT2D eigenvalue weighted by molar-refractivity contribution is 5.89. The molecule has 0 radical (unpaired) electrons. The van der Waals surface area contributed by atoms with E-state index in [1.165, 1.54) is 0 Å². The van der Waals surface area contributed by atoms with Crippen LogP contribution < -0.4 is 5.32 Å². The molecule has 0 unspecified atom stereocenters. The van der Waals surface area contributed by atoms with Crippen molar-refractivity contribution in [3.05, 3.63) is 0 Å². The quantitative estimate of drug-likeness (QED) is 0.693. The molecule has 3 aliphatic rings. The second-order valence-electron chi connectivity index (χ2n) is 6.59. The zero-order valence-corrected chi connectivity index (χ0v) is 13.0. The highest BCUT2D eigenvalue weighted by atomic mass is 16.5. The lowest BCUT2D eigenvalue weighted by atomic mass is 9.73. The molecule has 3 saturated heterocycles. The third-order valence-corrected chi connectivity index (χ3v) is 5.39. The Morgan fingerprint density at radius 1 is 1.18 bits per heavy atom. The summed E-state index contributed by atoms with van der Waals surface area (Å²) in [6.07, 6.45) is 1.25. The number of amides is 2. The summed E-state index contributed by atoms with van der Waals surface area (Å²) in [7, 11) is 1.63. The van der Waals surface area contributed by atoms with E-state index in [0.29, 0.717) is 58.8 Å². The molecule has 2 amide bonds. The largest absolute Gasteiger partial charge is 0.381 e. The second kappa shape index (κ2) is 5.79. The van der Waals surface area contributed by atoms with E-state index in [1.54, 1.807) is 11.9 Å². The Balaban J connectivity index is 1.79. The van der Waals surface area contributed by atoms with Crippen LogP contribution in [0, 0.1) is 11.3 Å². The van der Waals surface area contributed by atoms with Gasteiger partial charge in [0.15, 0.2) is 0 Å². The number of nitrogens with zero attached hydrogens (tertiary/aromatic N) is 1. The van der Waals surface area contributed by atoms with E-state index in [0.717, 1.165) is 0 Å². The van der Waals surface area contributed by atoms with Gasteiger partial charge in [-0.15, -0.1) is 0 Å². The molecule has 7 heteroatoms. The van der Waals surface area contributed by atoms with Gasteiger partial charge in [0, 0.05) is 58.7 Å². The summed E-state index contributed by atoms with van der Waals surface area (Å²) in [6.45, 7) is 2.63. The number of carbonyl (C=O) groups is 2. The van der Waals surface area contributed by atoms with Gasteiger partial charge in [0.25, 0.3) is 5.91 Å². The van der Waals surface area contributed by atoms with Crippen molar-refractivity contribution in [3.8, 4) is 0 Å². The molecule has 0 spiro atoms. The average Bonchev–Trinajstić information content (AvgIpc) is 2.94. The summed E-state index contributed by atoms with van der Waals surface area (Å²) in [5.74, 6) is -0.308. The highest BCUT2D eigenvalue weighted by Crippen LogP contribution is 2.43. The van der Waals surface area contributed by atoms with Crippen molar-refractivity contribution in [1.29, 1.82) is 0 Å². The van der Waals surface area contributed by atoms with Gasteiger partial charge in [-0.2, -0.15) is 0 Å². The molecular weight excluding hydrogens is 288 g/mol. The summed E-state index contributed by atoms with van der Waals surface area (Å²) in [5, 5.41) is 13.3. The van der Waals surface area contributed by atoms with Crippen LogP contribution >= 0.6 is 0 Å². The number of carbonyl (C=O) groups excluding carboxylic acids is 2. The first kappa shape index (κ1) is 15.7. The van der Waals surface area contributed by atoms with Crippen LogP contribution in [0.25, 0.3) is 0 Å². The normalized spacial score (nSPS) is 34.1. The summed E-state index contributed by atoms with van der Waals surface area (Å²) in [4.78, 5) is 26.8. The fraction of sp³-hybridized carbons (Fsp3) is 0.867. The Hall–Kier alpha value is -1.18. The van der Waals surface area contributed by atoms with Gasteiger partial charge < -0.3 is 24.8 Å². The minimum absolute atomic E-state index is 0.00593.